The molecule has 1 saturated carbocycles. The summed E-state index contributed by atoms with van der Waals surface area (Å²) in [4.78, 5) is 2.60. The maximum Gasteiger partial charge on any atom is 0.0513 e. The summed E-state index contributed by atoms with van der Waals surface area (Å²) >= 11 is 3.79. The number of halogens is 1. The first-order valence-electron chi connectivity index (χ1n) is 8.37. The van der Waals surface area contributed by atoms with Gasteiger partial charge < -0.3 is 10.2 Å². The number of benzene rings is 1. The minimum Gasteiger partial charge on any atom is -0.368 e. The zero-order valence-corrected chi connectivity index (χ0v) is 15.2. The van der Waals surface area contributed by atoms with Crippen LogP contribution in [0.1, 0.15) is 52.0 Å². The first kappa shape index (κ1) is 16.8. The Morgan fingerprint density at radius 1 is 1.33 bits per heavy atom. The van der Waals surface area contributed by atoms with Gasteiger partial charge in [0.1, 0.15) is 0 Å². The molecular weight excluding hydrogens is 324 g/mol. The van der Waals surface area contributed by atoms with Gasteiger partial charge in [0.2, 0.25) is 0 Å². The summed E-state index contributed by atoms with van der Waals surface area (Å²) < 4.78 is 1.24. The lowest BCUT2D eigenvalue weighted by atomic mass is 10.1. The fraction of sp³-hybridized carbons (Fsp3) is 0.667. The summed E-state index contributed by atoms with van der Waals surface area (Å²) in [5, 5.41) is 3.47. The van der Waals surface area contributed by atoms with Gasteiger partial charge in [-0.2, -0.15) is 0 Å². The summed E-state index contributed by atoms with van der Waals surface area (Å²) in [6, 6.07) is 7.62. The van der Waals surface area contributed by atoms with E-state index in [4.69, 9.17) is 0 Å². The average molecular weight is 353 g/mol. The van der Waals surface area contributed by atoms with E-state index in [2.05, 4.69) is 65.1 Å². The van der Waals surface area contributed by atoms with Gasteiger partial charge in [-0.3, -0.25) is 0 Å². The molecule has 1 N–H and O–H groups in total. The maximum absolute atomic E-state index is 3.79. The highest BCUT2D eigenvalue weighted by Gasteiger charge is 2.30. The van der Waals surface area contributed by atoms with E-state index < -0.39 is 0 Å². The van der Waals surface area contributed by atoms with Crippen LogP contribution in [0.2, 0.25) is 0 Å². The van der Waals surface area contributed by atoms with Crippen LogP contribution in [0.5, 0.6) is 0 Å². The fourth-order valence-corrected chi connectivity index (χ4v) is 3.24. The Morgan fingerprint density at radius 3 is 2.67 bits per heavy atom. The van der Waals surface area contributed by atoms with E-state index in [1.54, 1.807) is 0 Å². The van der Waals surface area contributed by atoms with Crippen LogP contribution in [0.4, 0.5) is 5.69 Å². The molecule has 2 rings (SSSR count). The van der Waals surface area contributed by atoms with E-state index in [0.717, 1.165) is 25.0 Å². The van der Waals surface area contributed by atoms with Crippen molar-refractivity contribution in [3.8, 4) is 0 Å². The maximum atomic E-state index is 3.79. The highest BCUT2D eigenvalue weighted by Crippen LogP contribution is 2.36. The molecule has 0 spiro atoms. The highest BCUT2D eigenvalue weighted by molar-refractivity contribution is 9.10. The molecule has 1 aliphatic rings. The second-order valence-electron chi connectivity index (χ2n) is 6.57. The molecule has 0 atom stereocenters. The highest BCUT2D eigenvalue weighted by atomic mass is 79.9. The van der Waals surface area contributed by atoms with Crippen LogP contribution in [0.25, 0.3) is 0 Å². The molecule has 0 aromatic heterocycles. The molecule has 0 unspecified atom stereocenters. The smallest absolute Gasteiger partial charge is 0.0513 e. The van der Waals surface area contributed by atoms with Crippen molar-refractivity contribution in [1.82, 2.24) is 5.32 Å². The lowest BCUT2D eigenvalue weighted by molar-refractivity contribution is 0.570. The van der Waals surface area contributed by atoms with E-state index >= 15 is 0 Å². The summed E-state index contributed by atoms with van der Waals surface area (Å²) in [6.45, 7) is 10.0. The van der Waals surface area contributed by atoms with Crippen molar-refractivity contribution in [1.29, 1.82) is 0 Å². The second kappa shape index (κ2) is 8.19. The summed E-state index contributed by atoms with van der Waals surface area (Å²) in [5.74, 6) is 0.766. The number of nitrogens with one attached hydrogen (secondary N) is 1. The van der Waals surface area contributed by atoms with Gasteiger partial charge in [-0.05, 0) is 71.8 Å². The van der Waals surface area contributed by atoms with Gasteiger partial charge >= 0.3 is 0 Å². The summed E-state index contributed by atoms with van der Waals surface area (Å²) in [5.41, 5.74) is 2.73. The van der Waals surface area contributed by atoms with Gasteiger partial charge in [-0.25, -0.2) is 0 Å². The van der Waals surface area contributed by atoms with E-state index in [-0.39, 0.29) is 0 Å². The van der Waals surface area contributed by atoms with Gasteiger partial charge in [0.25, 0.3) is 0 Å². The van der Waals surface area contributed by atoms with Crippen LogP contribution >= 0.6 is 15.9 Å². The molecular formula is C18H29BrN2. The second-order valence-corrected chi connectivity index (χ2v) is 7.42. The van der Waals surface area contributed by atoms with Crippen molar-refractivity contribution in [2.24, 2.45) is 5.92 Å². The largest absolute Gasteiger partial charge is 0.368 e. The van der Waals surface area contributed by atoms with Crippen molar-refractivity contribution in [2.75, 3.05) is 18.0 Å². The SMILES string of the molecule is CCCNCc1ccc(N(CCC(C)C)C2CC2)c(Br)c1. The Bertz CT molecular complexity index is 441. The molecule has 1 fully saturated rings. The van der Waals surface area contributed by atoms with Gasteiger partial charge in [-0.1, -0.05) is 26.8 Å². The average Bonchev–Trinajstić information content (AvgIpc) is 3.25. The van der Waals surface area contributed by atoms with E-state index in [0.29, 0.717) is 0 Å². The number of hydrogen-bond donors (Lipinski definition) is 1. The third-order valence-electron chi connectivity index (χ3n) is 4.01. The van der Waals surface area contributed by atoms with E-state index in [9.17, 15) is 0 Å². The third kappa shape index (κ3) is 5.30. The molecule has 3 heteroatoms. The molecule has 0 aliphatic heterocycles. The van der Waals surface area contributed by atoms with Crippen LogP contribution in [0.3, 0.4) is 0 Å². The van der Waals surface area contributed by atoms with E-state index in [1.165, 1.54) is 48.0 Å². The van der Waals surface area contributed by atoms with E-state index in [1.807, 2.05) is 0 Å². The molecule has 1 aromatic carbocycles. The minimum atomic E-state index is 0.766. The Hall–Kier alpha value is -0.540. The van der Waals surface area contributed by atoms with Crippen molar-refractivity contribution in [3.05, 3.63) is 28.2 Å². The van der Waals surface area contributed by atoms with Gasteiger partial charge in [0.05, 0.1) is 5.69 Å². The summed E-state index contributed by atoms with van der Waals surface area (Å²) in [6.07, 6.45) is 5.15. The van der Waals surface area contributed by atoms with Crippen LogP contribution in [0.15, 0.2) is 22.7 Å². The number of nitrogens with zero attached hydrogens (tertiary/aromatic N) is 1. The van der Waals surface area contributed by atoms with Crippen molar-refractivity contribution < 1.29 is 0 Å². The van der Waals surface area contributed by atoms with Crippen LogP contribution < -0.4 is 10.2 Å². The number of rotatable bonds is 9. The number of anilines is 1. The first-order valence-corrected chi connectivity index (χ1v) is 9.17. The molecule has 2 nitrogen and oxygen atoms in total. The number of hydrogen-bond acceptors (Lipinski definition) is 2. The molecule has 0 radical (unpaired) electrons. The first-order chi connectivity index (χ1) is 10.1. The Kier molecular flexibility index (Phi) is 6.56. The molecule has 118 valence electrons. The standard InChI is InChI=1S/C18H29BrN2/c1-4-10-20-13-15-5-8-18(17(19)12-15)21(16-6-7-16)11-9-14(2)3/h5,8,12,14,16,20H,4,6-7,9-11,13H2,1-3H3. The van der Waals surface area contributed by atoms with Crippen molar-refractivity contribution in [3.63, 3.8) is 0 Å². The van der Waals surface area contributed by atoms with Gasteiger partial charge in [-0.15, -0.1) is 0 Å². The molecule has 1 aromatic rings. The zero-order chi connectivity index (χ0) is 15.2. The van der Waals surface area contributed by atoms with Crippen molar-refractivity contribution >= 4 is 21.6 Å². The predicted molar refractivity (Wildman–Crippen MR) is 96.0 cm³/mol. The van der Waals surface area contributed by atoms with Gasteiger partial charge in [0, 0.05) is 23.6 Å². The molecule has 0 heterocycles. The topological polar surface area (TPSA) is 15.3 Å². The van der Waals surface area contributed by atoms with Crippen LogP contribution in [-0.4, -0.2) is 19.1 Å². The quantitative estimate of drug-likeness (QED) is 0.631. The summed E-state index contributed by atoms with van der Waals surface area (Å²) in [7, 11) is 0. The molecule has 0 saturated heterocycles. The Morgan fingerprint density at radius 2 is 2.10 bits per heavy atom. The lowest BCUT2D eigenvalue weighted by Gasteiger charge is -2.27. The normalized spacial score (nSPS) is 14.7. The molecule has 1 aliphatic carbocycles. The molecule has 0 bridgehead atoms. The monoisotopic (exact) mass is 352 g/mol. The lowest BCUT2D eigenvalue weighted by Crippen LogP contribution is -2.28. The molecule has 21 heavy (non-hydrogen) atoms. The Labute approximate surface area is 138 Å². The Balaban J connectivity index is 2.03. The van der Waals surface area contributed by atoms with Crippen LogP contribution in [-0.2, 0) is 6.54 Å². The fourth-order valence-electron chi connectivity index (χ4n) is 2.59. The zero-order valence-electron chi connectivity index (χ0n) is 13.7. The van der Waals surface area contributed by atoms with Crippen molar-refractivity contribution in [2.45, 2.75) is 59.0 Å². The molecule has 0 amide bonds. The third-order valence-corrected chi connectivity index (χ3v) is 4.65. The van der Waals surface area contributed by atoms with Gasteiger partial charge in [0.15, 0.2) is 0 Å². The minimum absolute atomic E-state index is 0.766. The van der Waals surface area contributed by atoms with Crippen LogP contribution in [0, 0.1) is 5.92 Å². The predicted octanol–water partition coefficient (Wildman–Crippen LogP) is 4.96.